The van der Waals surface area contributed by atoms with Crippen LogP contribution in [0.5, 0.6) is 0 Å². The van der Waals surface area contributed by atoms with Gasteiger partial charge in [0.1, 0.15) is 0 Å². The van der Waals surface area contributed by atoms with Gasteiger partial charge in [-0.1, -0.05) is 6.07 Å². The molecule has 26 heavy (non-hydrogen) atoms. The van der Waals surface area contributed by atoms with Crippen LogP contribution in [0.3, 0.4) is 0 Å². The van der Waals surface area contributed by atoms with Gasteiger partial charge in [0.2, 0.25) is 10.0 Å². The maximum absolute atomic E-state index is 12.8. The van der Waals surface area contributed by atoms with Crippen molar-refractivity contribution in [3.8, 4) is 0 Å². The molecule has 1 aromatic carbocycles. The van der Waals surface area contributed by atoms with Gasteiger partial charge in [0.15, 0.2) is 0 Å². The number of nitrogens with zero attached hydrogens (tertiary/aromatic N) is 2. The van der Waals surface area contributed by atoms with Crippen molar-refractivity contribution >= 4 is 16.0 Å². The summed E-state index contributed by atoms with van der Waals surface area (Å²) < 4.78 is 65.2. The minimum absolute atomic E-state index is 0.0900. The van der Waals surface area contributed by atoms with Crippen LogP contribution in [0.4, 0.5) is 13.2 Å². The molecule has 0 spiro atoms. The van der Waals surface area contributed by atoms with Crippen LogP contribution in [0.1, 0.15) is 24.8 Å². The molecule has 0 radical (unpaired) electrons. The van der Waals surface area contributed by atoms with Crippen molar-refractivity contribution in [1.29, 1.82) is 0 Å². The Morgan fingerprint density at radius 1 is 1.31 bits per heavy atom. The molecule has 1 aliphatic rings. The highest BCUT2D eigenvalue weighted by Gasteiger charge is 2.34. The number of hydrogen-bond acceptors (Lipinski definition) is 4. The molecule has 1 aromatic rings. The van der Waals surface area contributed by atoms with E-state index in [1.54, 1.807) is 11.9 Å². The zero-order valence-corrected chi connectivity index (χ0v) is 15.1. The van der Waals surface area contributed by atoms with Crippen molar-refractivity contribution in [3.05, 3.63) is 29.8 Å². The van der Waals surface area contributed by atoms with Crippen LogP contribution in [0.15, 0.2) is 29.2 Å². The van der Waals surface area contributed by atoms with Crippen molar-refractivity contribution in [1.82, 2.24) is 9.21 Å². The first kappa shape index (κ1) is 20.7. The Hall–Kier alpha value is -1.65. The molecule has 1 aliphatic heterocycles. The monoisotopic (exact) mass is 394 g/mol. The average molecular weight is 394 g/mol. The fourth-order valence-corrected chi connectivity index (χ4v) is 4.60. The Kier molecular flexibility index (Phi) is 6.30. The van der Waals surface area contributed by atoms with Gasteiger partial charge in [-0.2, -0.15) is 17.5 Å². The number of halogens is 3. The summed E-state index contributed by atoms with van der Waals surface area (Å²) in [5, 5.41) is 8.87. The predicted octanol–water partition coefficient (Wildman–Crippen LogP) is 2.27. The van der Waals surface area contributed by atoms with Crippen molar-refractivity contribution in [2.75, 3.05) is 26.7 Å². The van der Waals surface area contributed by atoms with E-state index in [-0.39, 0.29) is 30.6 Å². The van der Waals surface area contributed by atoms with Gasteiger partial charge >= 0.3 is 12.1 Å². The Morgan fingerprint density at radius 3 is 2.62 bits per heavy atom. The molecular weight excluding hydrogens is 373 g/mol. The summed E-state index contributed by atoms with van der Waals surface area (Å²) in [6.45, 7) is 0.175. The highest BCUT2D eigenvalue weighted by Crippen LogP contribution is 2.31. The Balaban J connectivity index is 2.16. The van der Waals surface area contributed by atoms with Crippen LogP contribution < -0.4 is 0 Å². The lowest BCUT2D eigenvalue weighted by molar-refractivity contribution is -0.139. The maximum atomic E-state index is 12.8. The molecule has 0 saturated carbocycles. The van der Waals surface area contributed by atoms with E-state index >= 15 is 0 Å². The molecule has 1 N–H and O–H groups in total. The van der Waals surface area contributed by atoms with Crippen LogP contribution in [-0.2, 0) is 21.0 Å². The van der Waals surface area contributed by atoms with E-state index in [0.29, 0.717) is 25.3 Å². The molecule has 1 heterocycles. The van der Waals surface area contributed by atoms with E-state index in [2.05, 4.69) is 0 Å². The number of benzene rings is 1. The SMILES string of the molecule is CN(CC(=O)O)C1CCCN(S(=O)(=O)c2cccc(C(F)(F)F)c2)CC1. The number of aliphatic carboxylic acids is 1. The van der Waals surface area contributed by atoms with E-state index < -0.39 is 27.7 Å². The maximum Gasteiger partial charge on any atom is 0.416 e. The minimum atomic E-state index is -4.62. The van der Waals surface area contributed by atoms with Crippen LogP contribution >= 0.6 is 0 Å². The van der Waals surface area contributed by atoms with E-state index in [4.69, 9.17) is 5.11 Å². The average Bonchev–Trinajstić information content (AvgIpc) is 2.80. The number of sulfonamides is 1. The van der Waals surface area contributed by atoms with Crippen LogP contribution in [0, 0.1) is 0 Å². The molecule has 10 heteroatoms. The van der Waals surface area contributed by atoms with Gasteiger partial charge in [0, 0.05) is 19.1 Å². The zero-order valence-electron chi connectivity index (χ0n) is 14.2. The number of rotatable bonds is 5. The summed E-state index contributed by atoms with van der Waals surface area (Å²) in [5.74, 6) is -0.967. The van der Waals surface area contributed by atoms with Gasteiger partial charge in [-0.3, -0.25) is 9.69 Å². The summed E-state index contributed by atoms with van der Waals surface area (Å²) >= 11 is 0. The minimum Gasteiger partial charge on any atom is -0.480 e. The van der Waals surface area contributed by atoms with Crippen LogP contribution in [0.2, 0.25) is 0 Å². The third-order valence-electron chi connectivity index (χ3n) is 4.46. The molecular formula is C16H21F3N2O4S. The molecule has 146 valence electrons. The number of carboxylic acids is 1. The number of carboxylic acid groups (broad SMARTS) is 1. The Labute approximate surface area is 150 Å². The number of carbonyl (C=O) groups is 1. The normalized spacial score (nSPS) is 20.1. The van der Waals surface area contributed by atoms with Crippen molar-refractivity contribution in [2.45, 2.75) is 36.4 Å². The van der Waals surface area contributed by atoms with Crippen molar-refractivity contribution < 1.29 is 31.5 Å². The summed E-state index contributed by atoms with van der Waals surface area (Å²) in [6, 6.07) is 3.63. The van der Waals surface area contributed by atoms with Crippen molar-refractivity contribution in [3.63, 3.8) is 0 Å². The van der Waals surface area contributed by atoms with Gasteiger partial charge < -0.3 is 5.11 Å². The Bertz CT molecular complexity index is 752. The third-order valence-corrected chi connectivity index (χ3v) is 6.36. The molecule has 1 saturated heterocycles. The lowest BCUT2D eigenvalue weighted by Crippen LogP contribution is -2.37. The van der Waals surface area contributed by atoms with Gasteiger partial charge in [-0.15, -0.1) is 0 Å². The molecule has 1 atom stereocenters. The second-order valence-electron chi connectivity index (χ2n) is 6.32. The fraction of sp³-hybridized carbons (Fsp3) is 0.562. The summed E-state index contributed by atoms with van der Waals surface area (Å²) in [6.07, 6.45) is -3.07. The second kappa shape index (κ2) is 7.93. The summed E-state index contributed by atoms with van der Waals surface area (Å²) in [4.78, 5) is 12.1. The quantitative estimate of drug-likeness (QED) is 0.829. The smallest absolute Gasteiger partial charge is 0.416 e. The van der Waals surface area contributed by atoms with E-state index in [1.807, 2.05) is 0 Å². The number of alkyl halides is 3. The third kappa shape index (κ3) is 4.95. The number of likely N-dealkylation sites (N-methyl/N-ethyl adjacent to an activating group) is 1. The van der Waals surface area contributed by atoms with Crippen molar-refractivity contribution in [2.24, 2.45) is 0 Å². The molecule has 0 aromatic heterocycles. The zero-order chi connectivity index (χ0) is 19.5. The summed E-state index contributed by atoms with van der Waals surface area (Å²) in [7, 11) is -2.38. The second-order valence-corrected chi connectivity index (χ2v) is 8.26. The van der Waals surface area contributed by atoms with E-state index in [0.717, 1.165) is 18.2 Å². The molecule has 0 aliphatic carbocycles. The lowest BCUT2D eigenvalue weighted by atomic mass is 10.1. The molecule has 1 fully saturated rings. The molecule has 0 bridgehead atoms. The van der Waals surface area contributed by atoms with Gasteiger partial charge in [0.25, 0.3) is 0 Å². The van der Waals surface area contributed by atoms with Gasteiger partial charge in [0.05, 0.1) is 17.0 Å². The van der Waals surface area contributed by atoms with Crippen LogP contribution in [0.25, 0.3) is 0 Å². The summed E-state index contributed by atoms with van der Waals surface area (Å²) in [5.41, 5.74) is -1.01. The fourth-order valence-electron chi connectivity index (χ4n) is 3.06. The highest BCUT2D eigenvalue weighted by molar-refractivity contribution is 7.89. The molecule has 0 amide bonds. The van der Waals surface area contributed by atoms with Crippen LogP contribution in [-0.4, -0.2) is 61.4 Å². The van der Waals surface area contributed by atoms with Gasteiger partial charge in [-0.05, 0) is 44.5 Å². The first-order valence-corrected chi connectivity index (χ1v) is 9.55. The van der Waals surface area contributed by atoms with Gasteiger partial charge in [-0.25, -0.2) is 8.42 Å². The lowest BCUT2D eigenvalue weighted by Gasteiger charge is -2.25. The topological polar surface area (TPSA) is 77.9 Å². The van der Waals surface area contributed by atoms with E-state index in [9.17, 15) is 26.4 Å². The largest absolute Gasteiger partial charge is 0.480 e. The standard InChI is InChI=1S/C16H21F3N2O4S/c1-20(11-15(22)23)13-5-3-8-21(9-7-13)26(24,25)14-6-2-4-12(10-14)16(17,18)19/h2,4,6,10,13H,3,5,7-9,11H2,1H3,(H,22,23). The first-order chi connectivity index (χ1) is 12.0. The Morgan fingerprint density at radius 2 is 2.00 bits per heavy atom. The molecule has 2 rings (SSSR count). The predicted molar refractivity (Wildman–Crippen MR) is 88.1 cm³/mol. The first-order valence-electron chi connectivity index (χ1n) is 8.11. The van der Waals surface area contributed by atoms with E-state index in [1.165, 1.54) is 4.31 Å². The molecule has 6 nitrogen and oxygen atoms in total. The molecule has 1 unspecified atom stereocenters. The number of hydrogen-bond donors (Lipinski definition) is 1. The highest BCUT2D eigenvalue weighted by atomic mass is 32.2.